The van der Waals surface area contributed by atoms with Crippen LogP contribution in [0.5, 0.6) is 0 Å². The fourth-order valence-electron chi connectivity index (χ4n) is 3.07. The van der Waals surface area contributed by atoms with Gasteiger partial charge in [-0.25, -0.2) is 0 Å². The maximum Gasteiger partial charge on any atom is 0.272 e. The minimum Gasteiger partial charge on any atom is -0.374 e. The first-order valence-electron chi connectivity index (χ1n) is 8.58. The molecule has 1 aliphatic rings. The van der Waals surface area contributed by atoms with Gasteiger partial charge in [-0.2, -0.15) is 10.2 Å². The Morgan fingerprint density at radius 2 is 2.33 bits per heavy atom. The lowest BCUT2D eigenvalue weighted by molar-refractivity contribution is 0.0364. The van der Waals surface area contributed by atoms with Crippen molar-refractivity contribution in [3.8, 4) is 0 Å². The van der Waals surface area contributed by atoms with Crippen molar-refractivity contribution in [3.63, 3.8) is 0 Å². The highest BCUT2D eigenvalue weighted by Crippen LogP contribution is 2.14. The van der Waals surface area contributed by atoms with Crippen LogP contribution in [0.1, 0.15) is 35.9 Å². The fourth-order valence-corrected chi connectivity index (χ4v) is 3.07. The third-order valence-electron chi connectivity index (χ3n) is 4.24. The molecule has 24 heavy (non-hydrogen) atoms. The third-order valence-corrected chi connectivity index (χ3v) is 4.24. The molecule has 7 nitrogen and oxygen atoms in total. The molecule has 1 unspecified atom stereocenters. The van der Waals surface area contributed by atoms with Gasteiger partial charge in [-0.1, -0.05) is 13.3 Å². The Bertz CT molecular complexity index is 665. The number of ether oxygens (including phenoxy) is 1. The molecule has 3 heterocycles. The van der Waals surface area contributed by atoms with Crippen molar-refractivity contribution in [2.24, 2.45) is 7.05 Å². The van der Waals surface area contributed by atoms with Gasteiger partial charge in [-0.15, -0.1) is 0 Å². The lowest BCUT2D eigenvalue weighted by Crippen LogP contribution is -2.39. The number of amides is 1. The van der Waals surface area contributed by atoms with E-state index in [2.05, 4.69) is 17.1 Å². The molecule has 130 valence electrons. The van der Waals surface area contributed by atoms with Crippen molar-refractivity contribution >= 4 is 5.91 Å². The Kier molecular flexibility index (Phi) is 5.30. The van der Waals surface area contributed by atoms with Crippen LogP contribution in [-0.2, 0) is 24.8 Å². The summed E-state index contributed by atoms with van der Waals surface area (Å²) in [5, 5.41) is 8.67. The zero-order valence-electron chi connectivity index (χ0n) is 14.4. The van der Waals surface area contributed by atoms with Crippen LogP contribution in [0.2, 0.25) is 0 Å². The zero-order chi connectivity index (χ0) is 16.9. The summed E-state index contributed by atoms with van der Waals surface area (Å²) in [6, 6.07) is 3.81. The number of nitrogens with zero attached hydrogens (tertiary/aromatic N) is 5. The van der Waals surface area contributed by atoms with E-state index < -0.39 is 0 Å². The Balaban J connectivity index is 1.70. The van der Waals surface area contributed by atoms with Crippen molar-refractivity contribution in [2.75, 3.05) is 19.7 Å². The lowest BCUT2D eigenvalue weighted by atomic mass is 10.2. The SMILES string of the molecule is CCCc1cc(C(=O)N2CCCOC(Cn3cccn3)C2)n(C)n1. The number of aromatic nitrogens is 4. The highest BCUT2D eigenvalue weighted by molar-refractivity contribution is 5.92. The van der Waals surface area contributed by atoms with Crippen LogP contribution in [0.3, 0.4) is 0 Å². The molecule has 0 N–H and O–H groups in total. The van der Waals surface area contributed by atoms with E-state index in [9.17, 15) is 4.79 Å². The van der Waals surface area contributed by atoms with Crippen LogP contribution in [-0.4, -0.2) is 56.2 Å². The minimum absolute atomic E-state index is 0.0309. The molecule has 1 atom stereocenters. The molecule has 0 radical (unpaired) electrons. The molecule has 2 aromatic heterocycles. The molecule has 1 fully saturated rings. The van der Waals surface area contributed by atoms with Crippen LogP contribution in [0.25, 0.3) is 0 Å². The molecule has 0 bridgehead atoms. The first-order valence-corrected chi connectivity index (χ1v) is 8.58. The molecule has 7 heteroatoms. The van der Waals surface area contributed by atoms with Gasteiger partial charge in [0.15, 0.2) is 0 Å². The van der Waals surface area contributed by atoms with Gasteiger partial charge in [0.2, 0.25) is 0 Å². The van der Waals surface area contributed by atoms with Gasteiger partial charge in [0.05, 0.1) is 18.3 Å². The Hall–Kier alpha value is -2.15. The smallest absolute Gasteiger partial charge is 0.272 e. The predicted octanol–water partition coefficient (Wildman–Crippen LogP) is 1.50. The molecule has 0 spiro atoms. The van der Waals surface area contributed by atoms with Crippen LogP contribution >= 0.6 is 0 Å². The van der Waals surface area contributed by atoms with Crippen LogP contribution < -0.4 is 0 Å². The highest BCUT2D eigenvalue weighted by Gasteiger charge is 2.26. The fraction of sp³-hybridized carbons (Fsp3) is 0.588. The quantitative estimate of drug-likeness (QED) is 0.833. The van der Waals surface area contributed by atoms with E-state index in [0.29, 0.717) is 31.9 Å². The maximum absolute atomic E-state index is 12.9. The van der Waals surface area contributed by atoms with E-state index in [1.54, 1.807) is 10.9 Å². The van der Waals surface area contributed by atoms with Gasteiger partial charge in [0.1, 0.15) is 5.69 Å². The second-order valence-electron chi connectivity index (χ2n) is 6.22. The largest absolute Gasteiger partial charge is 0.374 e. The van der Waals surface area contributed by atoms with Crippen LogP contribution in [0, 0.1) is 0 Å². The van der Waals surface area contributed by atoms with E-state index in [1.807, 2.05) is 35.0 Å². The normalized spacial score (nSPS) is 18.6. The summed E-state index contributed by atoms with van der Waals surface area (Å²) in [6.07, 6.45) is 6.39. The molecule has 1 saturated heterocycles. The molecule has 0 aliphatic carbocycles. The van der Waals surface area contributed by atoms with Gasteiger partial charge in [-0.05, 0) is 25.0 Å². The molecular weight excluding hydrogens is 306 g/mol. The summed E-state index contributed by atoms with van der Waals surface area (Å²) >= 11 is 0. The summed E-state index contributed by atoms with van der Waals surface area (Å²) < 4.78 is 9.43. The van der Waals surface area contributed by atoms with Crippen molar-refractivity contribution < 1.29 is 9.53 Å². The Morgan fingerprint density at radius 3 is 3.08 bits per heavy atom. The minimum atomic E-state index is -0.0420. The van der Waals surface area contributed by atoms with Crippen molar-refractivity contribution in [1.82, 2.24) is 24.5 Å². The third kappa shape index (κ3) is 3.84. The van der Waals surface area contributed by atoms with Gasteiger partial charge >= 0.3 is 0 Å². The van der Waals surface area contributed by atoms with E-state index >= 15 is 0 Å². The summed E-state index contributed by atoms with van der Waals surface area (Å²) in [5.41, 5.74) is 1.63. The van der Waals surface area contributed by atoms with E-state index in [-0.39, 0.29) is 12.0 Å². The average Bonchev–Trinajstić information content (AvgIpc) is 3.12. The number of hydrogen-bond donors (Lipinski definition) is 0. The summed E-state index contributed by atoms with van der Waals surface area (Å²) in [5.74, 6) is 0.0309. The monoisotopic (exact) mass is 331 g/mol. The van der Waals surface area contributed by atoms with Crippen molar-refractivity contribution in [2.45, 2.75) is 38.8 Å². The summed E-state index contributed by atoms with van der Waals surface area (Å²) in [6.45, 7) is 4.73. The Morgan fingerprint density at radius 1 is 1.46 bits per heavy atom. The number of rotatable bonds is 5. The van der Waals surface area contributed by atoms with Gasteiger partial charge < -0.3 is 9.64 Å². The topological polar surface area (TPSA) is 65.2 Å². The van der Waals surface area contributed by atoms with Gasteiger partial charge in [0.25, 0.3) is 5.91 Å². The second kappa shape index (κ2) is 7.61. The molecule has 0 aromatic carbocycles. The number of aryl methyl sites for hydroxylation is 2. The number of hydrogen-bond acceptors (Lipinski definition) is 4. The lowest BCUT2D eigenvalue weighted by Gasteiger charge is -2.24. The van der Waals surface area contributed by atoms with E-state index in [1.165, 1.54) is 0 Å². The molecule has 1 amide bonds. The predicted molar refractivity (Wildman–Crippen MR) is 89.7 cm³/mol. The summed E-state index contributed by atoms with van der Waals surface area (Å²) in [7, 11) is 1.84. The summed E-state index contributed by atoms with van der Waals surface area (Å²) in [4.78, 5) is 14.8. The number of carbonyl (C=O) groups is 1. The molecular formula is C17H25N5O2. The maximum atomic E-state index is 12.9. The van der Waals surface area contributed by atoms with Crippen LogP contribution in [0.15, 0.2) is 24.5 Å². The van der Waals surface area contributed by atoms with Crippen molar-refractivity contribution in [1.29, 1.82) is 0 Å². The zero-order valence-corrected chi connectivity index (χ0v) is 14.4. The van der Waals surface area contributed by atoms with Crippen molar-refractivity contribution in [3.05, 3.63) is 35.9 Å². The first-order chi connectivity index (χ1) is 11.7. The van der Waals surface area contributed by atoms with Crippen LogP contribution in [0.4, 0.5) is 0 Å². The van der Waals surface area contributed by atoms with E-state index in [0.717, 1.165) is 25.0 Å². The standard InChI is InChI=1S/C17H25N5O2/c1-3-6-14-11-16(20(2)19-14)17(23)21-8-5-10-24-15(12-21)13-22-9-4-7-18-22/h4,7,9,11,15H,3,5-6,8,10,12-13H2,1-2H3. The molecule has 3 rings (SSSR count). The first kappa shape index (κ1) is 16.7. The molecule has 1 aliphatic heterocycles. The number of carbonyl (C=O) groups excluding carboxylic acids is 1. The highest BCUT2D eigenvalue weighted by atomic mass is 16.5. The molecule has 2 aromatic rings. The van der Waals surface area contributed by atoms with Gasteiger partial charge in [0, 0.05) is 39.1 Å². The van der Waals surface area contributed by atoms with Gasteiger partial charge in [-0.3, -0.25) is 14.2 Å². The van der Waals surface area contributed by atoms with E-state index in [4.69, 9.17) is 4.74 Å². The second-order valence-corrected chi connectivity index (χ2v) is 6.22. The average molecular weight is 331 g/mol. The molecule has 0 saturated carbocycles. The Labute approximate surface area is 142 Å².